The largest absolute Gasteiger partial charge is 0.486 e. The first-order valence-corrected chi connectivity index (χ1v) is 6.88. The second kappa shape index (κ2) is 6.15. The van der Waals surface area contributed by atoms with Gasteiger partial charge in [0.15, 0.2) is 17.3 Å². The minimum Gasteiger partial charge on any atom is -0.486 e. The first-order chi connectivity index (χ1) is 10.8. The van der Waals surface area contributed by atoms with Crippen molar-refractivity contribution in [2.24, 2.45) is 0 Å². The van der Waals surface area contributed by atoms with E-state index in [0.29, 0.717) is 35.8 Å². The van der Waals surface area contributed by atoms with Crippen molar-refractivity contribution in [3.63, 3.8) is 0 Å². The maximum absolute atomic E-state index is 12.2. The number of benzene rings is 2. The Morgan fingerprint density at radius 2 is 1.77 bits per heavy atom. The molecule has 3 rings (SSSR count). The lowest BCUT2D eigenvalue weighted by Crippen LogP contribution is -2.15. The third kappa shape index (κ3) is 2.99. The molecule has 0 aliphatic carbocycles. The van der Waals surface area contributed by atoms with Crippen molar-refractivity contribution in [3.05, 3.63) is 65.2 Å². The van der Waals surface area contributed by atoms with E-state index in [1.54, 1.807) is 48.5 Å². The Labute approximate surface area is 128 Å². The number of rotatable bonds is 3. The molecule has 0 saturated carbocycles. The van der Waals surface area contributed by atoms with Gasteiger partial charge in [0.25, 0.3) is 0 Å². The lowest BCUT2D eigenvalue weighted by Gasteiger charge is -2.18. The van der Waals surface area contributed by atoms with Gasteiger partial charge in [0.05, 0.1) is 11.6 Å². The maximum Gasteiger partial charge on any atom is 0.185 e. The number of hydrogen-bond donors (Lipinski definition) is 0. The zero-order valence-electron chi connectivity index (χ0n) is 11.8. The molecule has 0 atom stereocenters. The van der Waals surface area contributed by atoms with Crippen LogP contribution in [0.4, 0.5) is 0 Å². The molecule has 0 spiro atoms. The van der Waals surface area contributed by atoms with E-state index < -0.39 is 0 Å². The van der Waals surface area contributed by atoms with Crippen LogP contribution in [0.2, 0.25) is 0 Å². The van der Waals surface area contributed by atoms with Gasteiger partial charge in [0, 0.05) is 5.56 Å². The molecule has 4 heteroatoms. The zero-order valence-corrected chi connectivity index (χ0v) is 11.8. The van der Waals surface area contributed by atoms with E-state index in [1.165, 1.54) is 6.08 Å². The molecule has 108 valence electrons. The van der Waals surface area contributed by atoms with Crippen LogP contribution in [0.1, 0.15) is 21.5 Å². The minimum atomic E-state index is -0.110. The maximum atomic E-state index is 12.2. The molecule has 0 amide bonds. The van der Waals surface area contributed by atoms with Gasteiger partial charge in [-0.1, -0.05) is 18.2 Å². The molecular weight excluding hydrogens is 278 g/mol. The van der Waals surface area contributed by atoms with Crippen molar-refractivity contribution in [2.45, 2.75) is 0 Å². The molecule has 0 radical (unpaired) electrons. The number of carbonyl (C=O) groups is 1. The lowest BCUT2D eigenvalue weighted by molar-refractivity contribution is 0.104. The summed E-state index contributed by atoms with van der Waals surface area (Å²) < 4.78 is 10.9. The van der Waals surface area contributed by atoms with Crippen LogP contribution in [0.25, 0.3) is 6.08 Å². The normalized spacial score (nSPS) is 12.9. The van der Waals surface area contributed by atoms with Gasteiger partial charge >= 0.3 is 0 Å². The van der Waals surface area contributed by atoms with E-state index in [2.05, 4.69) is 6.07 Å². The lowest BCUT2D eigenvalue weighted by atomic mass is 10.1. The molecule has 1 aliphatic heterocycles. The molecule has 22 heavy (non-hydrogen) atoms. The molecule has 0 bridgehead atoms. The number of ether oxygens (including phenoxy) is 2. The summed E-state index contributed by atoms with van der Waals surface area (Å²) in [6.45, 7) is 1.02. The second-order valence-corrected chi connectivity index (χ2v) is 4.79. The van der Waals surface area contributed by atoms with Crippen LogP contribution in [-0.4, -0.2) is 19.0 Å². The number of nitrogens with zero attached hydrogens (tertiary/aromatic N) is 1. The number of carbonyl (C=O) groups excluding carboxylic acids is 1. The van der Waals surface area contributed by atoms with E-state index >= 15 is 0 Å². The molecule has 0 aromatic heterocycles. The predicted octanol–water partition coefficient (Wildman–Crippen LogP) is 3.23. The van der Waals surface area contributed by atoms with Gasteiger partial charge in [-0.2, -0.15) is 5.26 Å². The van der Waals surface area contributed by atoms with Crippen LogP contribution in [0.15, 0.2) is 48.5 Å². The Kier molecular flexibility index (Phi) is 3.88. The van der Waals surface area contributed by atoms with Gasteiger partial charge < -0.3 is 9.47 Å². The van der Waals surface area contributed by atoms with E-state index in [-0.39, 0.29) is 5.78 Å². The summed E-state index contributed by atoms with van der Waals surface area (Å²) in [5.74, 6) is 1.16. The molecule has 0 fully saturated rings. The summed E-state index contributed by atoms with van der Waals surface area (Å²) in [6.07, 6.45) is 3.23. The van der Waals surface area contributed by atoms with Gasteiger partial charge in [0.1, 0.15) is 13.2 Å². The van der Waals surface area contributed by atoms with Gasteiger partial charge in [-0.15, -0.1) is 0 Å². The van der Waals surface area contributed by atoms with Crippen LogP contribution in [0, 0.1) is 11.3 Å². The fraction of sp³-hybridized carbons (Fsp3) is 0.111. The van der Waals surface area contributed by atoms with Gasteiger partial charge in [-0.3, -0.25) is 4.79 Å². The summed E-state index contributed by atoms with van der Waals surface area (Å²) in [5, 5.41) is 8.75. The topological polar surface area (TPSA) is 59.3 Å². The Balaban J connectivity index is 1.76. The van der Waals surface area contributed by atoms with E-state index in [9.17, 15) is 4.79 Å². The smallest absolute Gasteiger partial charge is 0.185 e. The summed E-state index contributed by atoms with van der Waals surface area (Å²) >= 11 is 0. The minimum absolute atomic E-state index is 0.110. The summed E-state index contributed by atoms with van der Waals surface area (Å²) in [7, 11) is 0. The van der Waals surface area contributed by atoms with Gasteiger partial charge in [-0.25, -0.2) is 0 Å². The van der Waals surface area contributed by atoms with Crippen molar-refractivity contribution in [1.29, 1.82) is 5.26 Å². The third-order valence-corrected chi connectivity index (χ3v) is 3.29. The number of allylic oxidation sites excluding steroid dienone is 1. The molecule has 0 unspecified atom stereocenters. The number of nitriles is 1. The summed E-state index contributed by atoms with van der Waals surface area (Å²) in [6, 6.07) is 14.2. The highest BCUT2D eigenvalue weighted by Gasteiger charge is 2.13. The fourth-order valence-corrected chi connectivity index (χ4v) is 2.13. The van der Waals surface area contributed by atoms with Crippen molar-refractivity contribution in [2.75, 3.05) is 13.2 Å². The molecule has 2 aromatic carbocycles. The van der Waals surface area contributed by atoms with Crippen LogP contribution in [-0.2, 0) is 0 Å². The Morgan fingerprint density at radius 1 is 1.05 bits per heavy atom. The SMILES string of the molecule is N#Cc1ccc(C=CC(=O)c2ccc3c(c2)OCCO3)cc1. The highest BCUT2D eigenvalue weighted by Crippen LogP contribution is 2.30. The van der Waals surface area contributed by atoms with Crippen LogP contribution in [0.5, 0.6) is 11.5 Å². The summed E-state index contributed by atoms with van der Waals surface area (Å²) in [5.41, 5.74) is 2.01. The Bertz CT molecular complexity index is 770. The van der Waals surface area contributed by atoms with Crippen molar-refractivity contribution in [3.8, 4) is 17.6 Å². The van der Waals surface area contributed by atoms with Gasteiger partial charge in [-0.05, 0) is 42.0 Å². The first kappa shape index (κ1) is 13.9. The highest BCUT2D eigenvalue weighted by atomic mass is 16.6. The van der Waals surface area contributed by atoms with Crippen LogP contribution >= 0.6 is 0 Å². The van der Waals surface area contributed by atoms with Crippen molar-refractivity contribution < 1.29 is 14.3 Å². The van der Waals surface area contributed by atoms with Gasteiger partial charge in [0.2, 0.25) is 0 Å². The van der Waals surface area contributed by atoms with Crippen molar-refractivity contribution in [1.82, 2.24) is 0 Å². The fourth-order valence-electron chi connectivity index (χ4n) is 2.13. The van der Waals surface area contributed by atoms with Crippen LogP contribution in [0.3, 0.4) is 0 Å². The van der Waals surface area contributed by atoms with E-state index in [1.807, 2.05) is 0 Å². The Hall–Kier alpha value is -3.06. The molecular formula is C18H13NO3. The van der Waals surface area contributed by atoms with Crippen LogP contribution < -0.4 is 9.47 Å². The number of ketones is 1. The third-order valence-electron chi connectivity index (χ3n) is 3.29. The van der Waals surface area contributed by atoms with E-state index in [0.717, 1.165) is 5.56 Å². The van der Waals surface area contributed by atoms with Crippen molar-refractivity contribution >= 4 is 11.9 Å². The molecule has 0 N–H and O–H groups in total. The molecule has 0 saturated heterocycles. The molecule has 1 aliphatic rings. The Morgan fingerprint density at radius 3 is 2.50 bits per heavy atom. The summed E-state index contributed by atoms with van der Waals surface area (Å²) in [4.78, 5) is 12.2. The van der Waals surface area contributed by atoms with E-state index in [4.69, 9.17) is 14.7 Å². The molecule has 2 aromatic rings. The predicted molar refractivity (Wildman–Crippen MR) is 82.0 cm³/mol. The highest BCUT2D eigenvalue weighted by molar-refractivity contribution is 6.07. The average molecular weight is 291 g/mol. The molecule has 4 nitrogen and oxygen atoms in total. The number of hydrogen-bond acceptors (Lipinski definition) is 4. The quantitative estimate of drug-likeness (QED) is 0.643. The average Bonchev–Trinajstić information content (AvgIpc) is 2.59. The number of fused-ring (bicyclic) bond motifs is 1. The zero-order chi connectivity index (χ0) is 15.4. The first-order valence-electron chi connectivity index (χ1n) is 6.88. The monoisotopic (exact) mass is 291 g/mol. The second-order valence-electron chi connectivity index (χ2n) is 4.79. The molecule has 1 heterocycles. The standard InChI is InChI=1S/C18H13NO3/c19-12-14-3-1-13(2-4-14)5-7-16(20)15-6-8-17-18(11-15)22-10-9-21-17/h1-8,11H,9-10H2.